The zero-order chi connectivity index (χ0) is 24.2. The van der Waals surface area contributed by atoms with Gasteiger partial charge in [-0.3, -0.25) is 9.59 Å². The van der Waals surface area contributed by atoms with E-state index in [4.69, 9.17) is 4.42 Å². The number of furan rings is 1. The Kier molecular flexibility index (Phi) is 6.22. The third-order valence-corrected chi connectivity index (χ3v) is 4.92. The SMILES string of the molecule is COC(=O)c1ccc(-c2ccc(/C=C3/NC(=O)N(CC(=O)Nc4ccccc4F)C3=O)o2)cc1. The van der Waals surface area contributed by atoms with Crippen molar-refractivity contribution in [2.45, 2.75) is 0 Å². The summed E-state index contributed by atoms with van der Waals surface area (Å²) in [4.78, 5) is 49.3. The number of para-hydroxylation sites is 1. The summed E-state index contributed by atoms with van der Waals surface area (Å²) in [6.45, 7) is -0.591. The molecule has 1 fully saturated rings. The number of methoxy groups -OCH3 is 1. The van der Waals surface area contributed by atoms with Crippen LogP contribution in [0, 0.1) is 5.82 Å². The van der Waals surface area contributed by atoms with Crippen LogP contribution in [0.4, 0.5) is 14.9 Å². The number of hydrogen-bond acceptors (Lipinski definition) is 6. The number of rotatable bonds is 6. The van der Waals surface area contributed by atoms with Crippen LogP contribution in [-0.4, -0.2) is 42.4 Å². The van der Waals surface area contributed by atoms with Gasteiger partial charge in [-0.15, -0.1) is 0 Å². The second kappa shape index (κ2) is 9.41. The minimum atomic E-state index is -0.787. The number of nitrogens with zero attached hydrogens (tertiary/aromatic N) is 1. The molecule has 10 heteroatoms. The summed E-state index contributed by atoms with van der Waals surface area (Å²) in [6.07, 6.45) is 1.33. The van der Waals surface area contributed by atoms with Crippen molar-refractivity contribution >= 4 is 35.6 Å². The molecule has 172 valence electrons. The fourth-order valence-electron chi connectivity index (χ4n) is 3.23. The van der Waals surface area contributed by atoms with Crippen LogP contribution in [-0.2, 0) is 14.3 Å². The molecule has 0 unspecified atom stereocenters. The molecule has 0 radical (unpaired) electrons. The summed E-state index contributed by atoms with van der Waals surface area (Å²) in [6, 6.07) is 14.6. The molecule has 34 heavy (non-hydrogen) atoms. The number of amides is 4. The average molecular weight is 463 g/mol. The van der Waals surface area contributed by atoms with Crippen LogP contribution in [0.3, 0.4) is 0 Å². The molecular weight excluding hydrogens is 445 g/mol. The number of benzene rings is 2. The summed E-state index contributed by atoms with van der Waals surface area (Å²) in [5.74, 6) is -1.80. The molecule has 1 aliphatic rings. The number of urea groups is 1. The number of carbonyl (C=O) groups is 4. The quantitative estimate of drug-likeness (QED) is 0.329. The van der Waals surface area contributed by atoms with Gasteiger partial charge in [0.15, 0.2) is 0 Å². The Morgan fingerprint density at radius 2 is 1.82 bits per heavy atom. The first-order valence-corrected chi connectivity index (χ1v) is 10.0. The van der Waals surface area contributed by atoms with Gasteiger partial charge in [0, 0.05) is 11.6 Å². The van der Waals surface area contributed by atoms with Gasteiger partial charge in [-0.1, -0.05) is 24.3 Å². The normalized spacial score (nSPS) is 14.3. The molecule has 0 atom stereocenters. The lowest BCUT2D eigenvalue weighted by Gasteiger charge is -2.12. The molecule has 2 N–H and O–H groups in total. The molecule has 3 aromatic rings. The molecule has 0 saturated carbocycles. The fraction of sp³-hybridized carbons (Fsp3) is 0.0833. The largest absolute Gasteiger partial charge is 0.465 e. The minimum Gasteiger partial charge on any atom is -0.465 e. The lowest BCUT2D eigenvalue weighted by molar-refractivity contribution is -0.127. The Morgan fingerprint density at radius 1 is 1.09 bits per heavy atom. The van der Waals surface area contributed by atoms with Gasteiger partial charge >= 0.3 is 12.0 Å². The Labute approximate surface area is 192 Å². The van der Waals surface area contributed by atoms with Gasteiger partial charge in [0.2, 0.25) is 5.91 Å². The molecule has 1 aliphatic heterocycles. The van der Waals surface area contributed by atoms with E-state index >= 15 is 0 Å². The van der Waals surface area contributed by atoms with Crippen molar-refractivity contribution in [2.75, 3.05) is 19.0 Å². The van der Waals surface area contributed by atoms with Crippen molar-refractivity contribution in [1.29, 1.82) is 0 Å². The Bertz CT molecular complexity index is 1310. The first-order valence-electron chi connectivity index (χ1n) is 10.0. The maximum atomic E-state index is 13.7. The molecule has 0 bridgehead atoms. The van der Waals surface area contributed by atoms with E-state index in [0.29, 0.717) is 21.8 Å². The molecule has 0 aliphatic carbocycles. The van der Waals surface area contributed by atoms with Gasteiger partial charge in [-0.25, -0.2) is 18.9 Å². The number of ether oxygens (including phenoxy) is 1. The maximum Gasteiger partial charge on any atom is 0.337 e. The topological polar surface area (TPSA) is 118 Å². The number of esters is 1. The second-order valence-electron chi connectivity index (χ2n) is 7.18. The van der Waals surface area contributed by atoms with Gasteiger partial charge in [0.05, 0.1) is 18.4 Å². The highest BCUT2D eigenvalue weighted by atomic mass is 19.1. The molecule has 2 aromatic carbocycles. The van der Waals surface area contributed by atoms with E-state index in [-0.39, 0.29) is 17.1 Å². The van der Waals surface area contributed by atoms with Crippen LogP contribution in [0.2, 0.25) is 0 Å². The number of halogens is 1. The molecule has 1 saturated heterocycles. The molecule has 1 aromatic heterocycles. The third-order valence-electron chi connectivity index (χ3n) is 4.92. The smallest absolute Gasteiger partial charge is 0.337 e. The van der Waals surface area contributed by atoms with Crippen LogP contribution in [0.25, 0.3) is 17.4 Å². The lowest BCUT2D eigenvalue weighted by atomic mass is 10.1. The van der Waals surface area contributed by atoms with Crippen molar-refractivity contribution in [3.8, 4) is 11.3 Å². The molecule has 4 rings (SSSR count). The van der Waals surface area contributed by atoms with E-state index in [0.717, 1.165) is 0 Å². The predicted molar refractivity (Wildman–Crippen MR) is 119 cm³/mol. The van der Waals surface area contributed by atoms with E-state index < -0.39 is 36.2 Å². The molecule has 0 spiro atoms. The number of hydrogen-bond donors (Lipinski definition) is 2. The highest BCUT2D eigenvalue weighted by molar-refractivity contribution is 6.15. The maximum absolute atomic E-state index is 13.7. The van der Waals surface area contributed by atoms with Crippen LogP contribution >= 0.6 is 0 Å². The van der Waals surface area contributed by atoms with E-state index in [1.807, 2.05) is 0 Å². The van der Waals surface area contributed by atoms with E-state index in [1.54, 1.807) is 42.5 Å². The first-order chi connectivity index (χ1) is 16.4. The number of anilines is 1. The number of imide groups is 1. The van der Waals surface area contributed by atoms with Crippen LogP contribution < -0.4 is 10.6 Å². The first kappa shape index (κ1) is 22.5. The van der Waals surface area contributed by atoms with E-state index in [1.165, 1.54) is 31.4 Å². The molecular formula is C24H18FN3O6. The van der Waals surface area contributed by atoms with Crippen LogP contribution in [0.1, 0.15) is 16.1 Å². The van der Waals surface area contributed by atoms with Crippen LogP contribution in [0.15, 0.2) is 70.8 Å². The van der Waals surface area contributed by atoms with Gasteiger partial charge in [-0.05, 0) is 36.4 Å². The van der Waals surface area contributed by atoms with Gasteiger partial charge in [0.25, 0.3) is 5.91 Å². The van der Waals surface area contributed by atoms with Gasteiger partial charge < -0.3 is 19.8 Å². The Morgan fingerprint density at radius 3 is 2.53 bits per heavy atom. The van der Waals surface area contributed by atoms with Gasteiger partial charge in [-0.2, -0.15) is 0 Å². The number of carbonyl (C=O) groups excluding carboxylic acids is 4. The lowest BCUT2D eigenvalue weighted by Crippen LogP contribution is -2.38. The monoisotopic (exact) mass is 463 g/mol. The molecule has 9 nitrogen and oxygen atoms in total. The van der Waals surface area contributed by atoms with Crippen molar-refractivity contribution in [3.05, 3.63) is 83.5 Å². The van der Waals surface area contributed by atoms with Crippen molar-refractivity contribution < 1.29 is 32.7 Å². The highest BCUT2D eigenvalue weighted by Crippen LogP contribution is 2.25. The average Bonchev–Trinajstić information content (AvgIpc) is 3.40. The summed E-state index contributed by atoms with van der Waals surface area (Å²) in [5.41, 5.74) is 0.938. The van der Waals surface area contributed by atoms with Crippen LogP contribution in [0.5, 0.6) is 0 Å². The predicted octanol–water partition coefficient (Wildman–Crippen LogP) is 3.40. The second-order valence-corrected chi connectivity index (χ2v) is 7.18. The summed E-state index contributed by atoms with van der Waals surface area (Å²) in [5, 5.41) is 4.72. The summed E-state index contributed by atoms with van der Waals surface area (Å²) in [7, 11) is 1.29. The fourth-order valence-corrected chi connectivity index (χ4v) is 3.23. The third kappa shape index (κ3) is 4.70. The molecule has 2 heterocycles. The van der Waals surface area contributed by atoms with E-state index in [9.17, 15) is 23.6 Å². The highest BCUT2D eigenvalue weighted by Gasteiger charge is 2.35. The Hall–Kier alpha value is -4.73. The van der Waals surface area contributed by atoms with E-state index in [2.05, 4.69) is 15.4 Å². The minimum absolute atomic E-state index is 0.0574. The molecule has 4 amide bonds. The zero-order valence-electron chi connectivity index (χ0n) is 17.8. The van der Waals surface area contributed by atoms with Crippen molar-refractivity contribution in [2.24, 2.45) is 0 Å². The zero-order valence-corrected chi connectivity index (χ0v) is 17.8. The summed E-state index contributed by atoms with van der Waals surface area (Å²) >= 11 is 0. The summed E-state index contributed by atoms with van der Waals surface area (Å²) < 4.78 is 24.1. The Balaban J connectivity index is 1.44. The van der Waals surface area contributed by atoms with Gasteiger partial charge in [0.1, 0.15) is 29.6 Å². The van der Waals surface area contributed by atoms with Crippen molar-refractivity contribution in [1.82, 2.24) is 10.2 Å². The van der Waals surface area contributed by atoms with Crippen molar-refractivity contribution in [3.63, 3.8) is 0 Å². The number of nitrogens with one attached hydrogen (secondary N) is 2. The standard InChI is InChI=1S/C24H18FN3O6/c1-33-23(31)15-8-6-14(7-9-15)20-11-10-16(34-20)12-19-22(30)28(24(32)27-19)13-21(29)26-18-5-3-2-4-17(18)25/h2-12H,13H2,1H3,(H,26,29)(H,27,32)/b19-12+.